The normalized spacial score (nSPS) is 15.8. The van der Waals surface area contributed by atoms with Crippen molar-refractivity contribution in [3.63, 3.8) is 0 Å². The fourth-order valence-corrected chi connectivity index (χ4v) is 3.39. The lowest BCUT2D eigenvalue weighted by molar-refractivity contribution is 0.0735. The van der Waals surface area contributed by atoms with Gasteiger partial charge in [0.05, 0.1) is 6.04 Å². The van der Waals surface area contributed by atoms with Gasteiger partial charge in [0.25, 0.3) is 5.91 Å². The second-order valence-electron chi connectivity index (χ2n) is 6.72. The van der Waals surface area contributed by atoms with Gasteiger partial charge in [-0.2, -0.15) is 0 Å². The third kappa shape index (κ3) is 4.43. The molecular formula is C20H27Cl2N3O. The average Bonchev–Trinajstić information content (AvgIpc) is 3.06. The molecule has 2 N–H and O–H groups in total. The van der Waals surface area contributed by atoms with E-state index in [0.29, 0.717) is 11.3 Å². The van der Waals surface area contributed by atoms with Gasteiger partial charge in [-0.15, -0.1) is 24.8 Å². The van der Waals surface area contributed by atoms with Crippen molar-refractivity contribution in [3.05, 3.63) is 59.2 Å². The van der Waals surface area contributed by atoms with Gasteiger partial charge in [0.2, 0.25) is 0 Å². The van der Waals surface area contributed by atoms with E-state index in [2.05, 4.69) is 29.2 Å². The van der Waals surface area contributed by atoms with Crippen molar-refractivity contribution >= 4 is 42.1 Å². The molecule has 1 unspecified atom stereocenters. The molecule has 0 bridgehead atoms. The Morgan fingerprint density at radius 1 is 1.15 bits per heavy atom. The van der Waals surface area contributed by atoms with E-state index in [1.54, 1.807) is 6.07 Å². The van der Waals surface area contributed by atoms with Crippen LogP contribution in [0.3, 0.4) is 0 Å². The zero-order valence-corrected chi connectivity index (χ0v) is 17.1. The molecule has 1 atom stereocenters. The Hall–Kier alpha value is -1.91. The summed E-state index contributed by atoms with van der Waals surface area (Å²) in [6.07, 6.45) is 2.04. The Morgan fingerprint density at radius 2 is 1.88 bits per heavy atom. The monoisotopic (exact) mass is 395 g/mol. The molecule has 0 spiro atoms. The predicted octanol–water partition coefficient (Wildman–Crippen LogP) is 4.46. The van der Waals surface area contributed by atoms with E-state index in [1.165, 1.54) is 5.56 Å². The molecule has 2 aromatic rings. The van der Waals surface area contributed by atoms with Gasteiger partial charge in [-0.1, -0.05) is 18.2 Å². The van der Waals surface area contributed by atoms with Crippen molar-refractivity contribution in [2.24, 2.45) is 0 Å². The van der Waals surface area contributed by atoms with E-state index in [-0.39, 0.29) is 36.8 Å². The first kappa shape index (κ1) is 22.1. The molecule has 1 saturated heterocycles. The Bertz CT molecular complexity index is 764. The maximum Gasteiger partial charge on any atom is 0.254 e. The molecule has 26 heavy (non-hydrogen) atoms. The van der Waals surface area contributed by atoms with Crippen LogP contribution in [-0.4, -0.2) is 31.4 Å². The summed E-state index contributed by atoms with van der Waals surface area (Å²) in [7, 11) is 4.07. The highest BCUT2D eigenvalue weighted by molar-refractivity contribution is 5.97. The fourth-order valence-electron chi connectivity index (χ4n) is 3.39. The standard InChI is InChI=1S/C20H25N3O.2ClH/c1-14-9-10-16(21)13-18(14)20(24)23-11-5-8-19(23)15-6-4-7-17(12-15)22(2)3;;/h4,6-7,9-10,12-13,19H,5,8,11,21H2,1-3H3;2*1H. The van der Waals surface area contributed by atoms with Crippen LogP contribution in [0.2, 0.25) is 0 Å². The van der Waals surface area contributed by atoms with Crippen LogP contribution in [0.1, 0.15) is 40.4 Å². The quantitative estimate of drug-likeness (QED) is 0.780. The van der Waals surface area contributed by atoms with Crippen molar-refractivity contribution in [1.82, 2.24) is 4.90 Å². The van der Waals surface area contributed by atoms with Crippen molar-refractivity contribution in [2.75, 3.05) is 31.3 Å². The molecule has 1 amide bonds. The Kier molecular flexibility index (Phi) is 7.79. The molecule has 1 aliphatic heterocycles. The van der Waals surface area contributed by atoms with Crippen LogP contribution in [0, 0.1) is 6.92 Å². The fraction of sp³-hybridized carbons (Fsp3) is 0.350. The van der Waals surface area contributed by atoms with E-state index in [9.17, 15) is 4.79 Å². The van der Waals surface area contributed by atoms with Gasteiger partial charge >= 0.3 is 0 Å². The number of rotatable bonds is 3. The summed E-state index contributed by atoms with van der Waals surface area (Å²) in [5.74, 6) is 0.0811. The van der Waals surface area contributed by atoms with E-state index < -0.39 is 0 Å². The number of hydrogen-bond acceptors (Lipinski definition) is 3. The summed E-state index contributed by atoms with van der Waals surface area (Å²) < 4.78 is 0. The number of nitrogens with two attached hydrogens (primary N) is 1. The number of carbonyl (C=O) groups excluding carboxylic acids is 1. The largest absolute Gasteiger partial charge is 0.399 e. The highest BCUT2D eigenvalue weighted by atomic mass is 35.5. The minimum Gasteiger partial charge on any atom is -0.399 e. The minimum atomic E-state index is 0. The maximum atomic E-state index is 13.1. The smallest absolute Gasteiger partial charge is 0.254 e. The number of halogens is 2. The topological polar surface area (TPSA) is 49.6 Å². The summed E-state index contributed by atoms with van der Waals surface area (Å²) >= 11 is 0. The second-order valence-corrected chi connectivity index (χ2v) is 6.72. The van der Waals surface area contributed by atoms with E-state index in [1.807, 2.05) is 38.1 Å². The molecule has 1 heterocycles. The minimum absolute atomic E-state index is 0. The number of benzene rings is 2. The molecular weight excluding hydrogens is 369 g/mol. The van der Waals surface area contributed by atoms with Gasteiger partial charge in [0.1, 0.15) is 0 Å². The van der Waals surface area contributed by atoms with Gasteiger partial charge < -0.3 is 15.5 Å². The van der Waals surface area contributed by atoms with Crippen LogP contribution >= 0.6 is 24.8 Å². The number of amides is 1. The molecule has 1 aliphatic rings. The van der Waals surface area contributed by atoms with E-state index in [4.69, 9.17) is 5.73 Å². The predicted molar refractivity (Wildman–Crippen MR) is 114 cm³/mol. The summed E-state index contributed by atoms with van der Waals surface area (Å²) in [6.45, 7) is 2.76. The van der Waals surface area contributed by atoms with E-state index in [0.717, 1.165) is 30.6 Å². The number of nitrogens with zero attached hydrogens (tertiary/aromatic N) is 2. The molecule has 2 aromatic carbocycles. The molecule has 3 rings (SSSR count). The highest BCUT2D eigenvalue weighted by Gasteiger charge is 2.31. The maximum absolute atomic E-state index is 13.1. The lowest BCUT2D eigenvalue weighted by atomic mass is 10.0. The molecule has 0 radical (unpaired) electrons. The van der Waals surface area contributed by atoms with Crippen LogP contribution in [0.4, 0.5) is 11.4 Å². The zero-order valence-electron chi connectivity index (χ0n) is 15.4. The molecule has 6 heteroatoms. The number of anilines is 2. The number of aryl methyl sites for hydroxylation is 1. The van der Waals surface area contributed by atoms with Crippen LogP contribution in [0.5, 0.6) is 0 Å². The average molecular weight is 396 g/mol. The van der Waals surface area contributed by atoms with Crippen LogP contribution in [0.25, 0.3) is 0 Å². The lowest BCUT2D eigenvalue weighted by Crippen LogP contribution is -2.31. The summed E-state index contributed by atoms with van der Waals surface area (Å²) in [6, 6.07) is 14.2. The summed E-state index contributed by atoms with van der Waals surface area (Å²) in [5, 5.41) is 0. The first-order valence-electron chi connectivity index (χ1n) is 8.42. The second kappa shape index (κ2) is 9.15. The van der Waals surface area contributed by atoms with Crippen LogP contribution in [-0.2, 0) is 0 Å². The SMILES string of the molecule is Cc1ccc(N)cc1C(=O)N1CCCC1c1cccc(N(C)C)c1.Cl.Cl. The Labute approximate surface area is 168 Å². The summed E-state index contributed by atoms with van der Waals surface area (Å²) in [5.41, 5.74) is 10.6. The molecule has 0 aromatic heterocycles. The van der Waals surface area contributed by atoms with Gasteiger partial charge in [-0.05, 0) is 55.2 Å². The van der Waals surface area contributed by atoms with Gasteiger partial charge in [-0.3, -0.25) is 4.79 Å². The van der Waals surface area contributed by atoms with Crippen molar-refractivity contribution < 1.29 is 4.79 Å². The number of hydrogen-bond donors (Lipinski definition) is 1. The molecule has 4 nitrogen and oxygen atoms in total. The van der Waals surface area contributed by atoms with Crippen molar-refractivity contribution in [1.29, 1.82) is 0 Å². The zero-order chi connectivity index (χ0) is 17.3. The summed E-state index contributed by atoms with van der Waals surface area (Å²) in [4.78, 5) is 17.2. The lowest BCUT2D eigenvalue weighted by Gasteiger charge is -2.27. The third-order valence-electron chi connectivity index (χ3n) is 4.78. The Balaban J connectivity index is 0.00000169. The first-order chi connectivity index (χ1) is 11.5. The molecule has 142 valence electrons. The van der Waals surface area contributed by atoms with Crippen molar-refractivity contribution in [2.45, 2.75) is 25.8 Å². The highest BCUT2D eigenvalue weighted by Crippen LogP contribution is 2.35. The first-order valence-corrected chi connectivity index (χ1v) is 8.42. The third-order valence-corrected chi connectivity index (χ3v) is 4.78. The molecule has 0 aliphatic carbocycles. The van der Waals surface area contributed by atoms with Gasteiger partial charge in [0, 0.05) is 37.6 Å². The van der Waals surface area contributed by atoms with Gasteiger partial charge in [0.15, 0.2) is 0 Å². The van der Waals surface area contributed by atoms with Crippen molar-refractivity contribution in [3.8, 4) is 0 Å². The van der Waals surface area contributed by atoms with E-state index >= 15 is 0 Å². The van der Waals surface area contributed by atoms with Crippen LogP contribution < -0.4 is 10.6 Å². The van der Waals surface area contributed by atoms with Gasteiger partial charge in [-0.25, -0.2) is 0 Å². The molecule has 1 fully saturated rings. The molecule has 0 saturated carbocycles. The number of carbonyl (C=O) groups is 1. The number of likely N-dealkylation sites (tertiary alicyclic amines) is 1. The Morgan fingerprint density at radius 3 is 2.58 bits per heavy atom. The number of nitrogen functional groups attached to an aromatic ring is 1. The van der Waals surface area contributed by atoms with Crippen LogP contribution in [0.15, 0.2) is 42.5 Å².